The molecule has 0 saturated carbocycles. The highest BCUT2D eigenvalue weighted by Gasteiger charge is 2.32. The standard InChI is InChI=1S/C10H21NO/c1-7-6-10(11(4)5)8(2)9(3)12-7/h7-10H,6H2,1-5H3/t7-,8+,9+,10?/m1/s1. The quantitative estimate of drug-likeness (QED) is 0.596. The van der Waals surface area contributed by atoms with Crippen LogP contribution in [0.1, 0.15) is 27.2 Å². The summed E-state index contributed by atoms with van der Waals surface area (Å²) >= 11 is 0. The van der Waals surface area contributed by atoms with Gasteiger partial charge in [0.2, 0.25) is 0 Å². The fourth-order valence-corrected chi connectivity index (χ4v) is 2.09. The first kappa shape index (κ1) is 10.0. The summed E-state index contributed by atoms with van der Waals surface area (Å²) in [6, 6.07) is 0.684. The van der Waals surface area contributed by atoms with Gasteiger partial charge < -0.3 is 9.64 Å². The molecule has 0 aromatic heterocycles. The first-order valence-corrected chi connectivity index (χ1v) is 4.84. The summed E-state index contributed by atoms with van der Waals surface area (Å²) in [7, 11) is 4.32. The molecule has 0 bridgehead atoms. The number of rotatable bonds is 1. The molecule has 72 valence electrons. The van der Waals surface area contributed by atoms with Crippen molar-refractivity contribution >= 4 is 0 Å². The van der Waals surface area contributed by atoms with Gasteiger partial charge in [-0.15, -0.1) is 0 Å². The van der Waals surface area contributed by atoms with Gasteiger partial charge in [0, 0.05) is 6.04 Å². The summed E-state index contributed by atoms with van der Waals surface area (Å²) in [6.07, 6.45) is 1.99. The van der Waals surface area contributed by atoms with Gasteiger partial charge in [-0.3, -0.25) is 0 Å². The second kappa shape index (κ2) is 3.75. The first-order chi connectivity index (χ1) is 5.52. The summed E-state index contributed by atoms with van der Waals surface area (Å²) in [4.78, 5) is 2.32. The molecular weight excluding hydrogens is 150 g/mol. The average Bonchev–Trinajstić information content (AvgIpc) is 1.96. The van der Waals surface area contributed by atoms with Crippen LogP contribution >= 0.6 is 0 Å². The van der Waals surface area contributed by atoms with Crippen molar-refractivity contribution < 1.29 is 4.74 Å². The Kier molecular flexibility index (Phi) is 3.13. The van der Waals surface area contributed by atoms with Gasteiger partial charge in [-0.1, -0.05) is 6.92 Å². The Labute approximate surface area is 75.9 Å². The van der Waals surface area contributed by atoms with Crippen molar-refractivity contribution in [1.29, 1.82) is 0 Å². The lowest BCUT2D eigenvalue weighted by atomic mass is 9.88. The zero-order chi connectivity index (χ0) is 9.30. The minimum Gasteiger partial charge on any atom is -0.375 e. The van der Waals surface area contributed by atoms with Crippen LogP contribution in [0, 0.1) is 5.92 Å². The highest BCUT2D eigenvalue weighted by atomic mass is 16.5. The van der Waals surface area contributed by atoms with E-state index >= 15 is 0 Å². The highest BCUT2D eigenvalue weighted by Crippen LogP contribution is 2.27. The van der Waals surface area contributed by atoms with Crippen LogP contribution in [-0.4, -0.2) is 37.2 Å². The van der Waals surface area contributed by atoms with E-state index in [-0.39, 0.29) is 0 Å². The third-order valence-corrected chi connectivity index (χ3v) is 3.03. The van der Waals surface area contributed by atoms with E-state index in [4.69, 9.17) is 4.74 Å². The Morgan fingerprint density at radius 1 is 1.17 bits per heavy atom. The number of ether oxygens (including phenoxy) is 1. The summed E-state index contributed by atoms with van der Waals surface area (Å²) in [5.74, 6) is 0.649. The maximum atomic E-state index is 5.75. The van der Waals surface area contributed by atoms with Gasteiger partial charge in [0.1, 0.15) is 0 Å². The van der Waals surface area contributed by atoms with Crippen LogP contribution in [0.4, 0.5) is 0 Å². The van der Waals surface area contributed by atoms with Crippen molar-refractivity contribution in [3.8, 4) is 0 Å². The molecule has 1 unspecified atom stereocenters. The molecule has 0 N–H and O–H groups in total. The Bertz CT molecular complexity index is 147. The third-order valence-electron chi connectivity index (χ3n) is 3.03. The first-order valence-electron chi connectivity index (χ1n) is 4.84. The van der Waals surface area contributed by atoms with Crippen LogP contribution in [0.25, 0.3) is 0 Å². The molecule has 0 radical (unpaired) electrons. The van der Waals surface area contributed by atoms with Crippen LogP contribution in [0.3, 0.4) is 0 Å². The zero-order valence-corrected chi connectivity index (χ0v) is 8.87. The number of hydrogen-bond acceptors (Lipinski definition) is 2. The van der Waals surface area contributed by atoms with Gasteiger partial charge in [0.05, 0.1) is 12.2 Å². The smallest absolute Gasteiger partial charge is 0.0591 e. The van der Waals surface area contributed by atoms with Crippen LogP contribution in [0.15, 0.2) is 0 Å². The maximum absolute atomic E-state index is 5.75. The molecule has 2 nitrogen and oxygen atoms in total. The average molecular weight is 171 g/mol. The number of hydrogen-bond donors (Lipinski definition) is 0. The lowest BCUT2D eigenvalue weighted by molar-refractivity contribution is -0.0921. The van der Waals surface area contributed by atoms with Crippen molar-refractivity contribution in [1.82, 2.24) is 4.90 Å². The van der Waals surface area contributed by atoms with Crippen LogP contribution in [-0.2, 0) is 4.74 Å². The normalized spacial score (nSPS) is 43.5. The highest BCUT2D eigenvalue weighted by molar-refractivity contribution is 4.84. The predicted octanol–water partition coefficient (Wildman–Crippen LogP) is 1.75. The maximum Gasteiger partial charge on any atom is 0.0591 e. The van der Waals surface area contributed by atoms with E-state index in [0.717, 1.165) is 0 Å². The largest absolute Gasteiger partial charge is 0.375 e. The van der Waals surface area contributed by atoms with Gasteiger partial charge in [0.15, 0.2) is 0 Å². The summed E-state index contributed by atoms with van der Waals surface area (Å²) in [5, 5.41) is 0. The Morgan fingerprint density at radius 2 is 1.75 bits per heavy atom. The molecule has 0 aliphatic carbocycles. The van der Waals surface area contributed by atoms with E-state index in [9.17, 15) is 0 Å². The lowest BCUT2D eigenvalue weighted by Gasteiger charge is -2.41. The van der Waals surface area contributed by atoms with Crippen LogP contribution in [0.5, 0.6) is 0 Å². The topological polar surface area (TPSA) is 12.5 Å². The molecule has 1 rings (SSSR count). The Morgan fingerprint density at radius 3 is 2.25 bits per heavy atom. The molecule has 1 fully saturated rings. The minimum atomic E-state index is 0.404. The van der Waals surface area contributed by atoms with Gasteiger partial charge in [-0.05, 0) is 40.3 Å². The molecular formula is C10H21NO. The summed E-state index contributed by atoms with van der Waals surface area (Å²) in [5.41, 5.74) is 0. The van der Waals surface area contributed by atoms with Crippen molar-refractivity contribution in [3.05, 3.63) is 0 Å². The molecule has 0 aromatic carbocycles. The van der Waals surface area contributed by atoms with Crippen molar-refractivity contribution in [2.75, 3.05) is 14.1 Å². The van der Waals surface area contributed by atoms with E-state index < -0.39 is 0 Å². The lowest BCUT2D eigenvalue weighted by Crippen LogP contribution is -2.47. The predicted molar refractivity (Wildman–Crippen MR) is 51.3 cm³/mol. The van der Waals surface area contributed by atoms with Gasteiger partial charge in [-0.2, -0.15) is 0 Å². The molecule has 2 heteroatoms. The molecule has 1 saturated heterocycles. The molecule has 4 atom stereocenters. The van der Waals surface area contributed by atoms with Crippen LogP contribution in [0.2, 0.25) is 0 Å². The van der Waals surface area contributed by atoms with Gasteiger partial charge >= 0.3 is 0 Å². The van der Waals surface area contributed by atoms with Gasteiger partial charge in [0.25, 0.3) is 0 Å². The second-order valence-corrected chi connectivity index (χ2v) is 4.28. The molecule has 12 heavy (non-hydrogen) atoms. The van der Waals surface area contributed by atoms with E-state index in [1.165, 1.54) is 6.42 Å². The molecule has 1 heterocycles. The van der Waals surface area contributed by atoms with E-state index in [2.05, 4.69) is 39.8 Å². The van der Waals surface area contributed by atoms with E-state index in [0.29, 0.717) is 24.2 Å². The fraction of sp³-hybridized carbons (Fsp3) is 1.00. The molecule has 1 aliphatic heterocycles. The van der Waals surface area contributed by atoms with Crippen LogP contribution < -0.4 is 0 Å². The SMILES string of the molecule is C[C@@H]1CC(N(C)C)[C@@H](C)[C@H](C)O1. The van der Waals surface area contributed by atoms with E-state index in [1.807, 2.05) is 0 Å². The summed E-state index contributed by atoms with van der Waals surface area (Å²) < 4.78 is 5.75. The third kappa shape index (κ3) is 1.99. The molecule has 1 aliphatic rings. The number of nitrogens with zero attached hydrogens (tertiary/aromatic N) is 1. The fourth-order valence-electron chi connectivity index (χ4n) is 2.09. The summed E-state index contributed by atoms with van der Waals surface area (Å²) in [6.45, 7) is 6.62. The minimum absolute atomic E-state index is 0.404. The molecule has 0 amide bonds. The Balaban J connectivity index is 2.60. The van der Waals surface area contributed by atoms with Gasteiger partial charge in [-0.25, -0.2) is 0 Å². The monoisotopic (exact) mass is 171 g/mol. The second-order valence-electron chi connectivity index (χ2n) is 4.28. The van der Waals surface area contributed by atoms with Crippen molar-refractivity contribution in [2.24, 2.45) is 5.92 Å². The molecule has 0 aromatic rings. The van der Waals surface area contributed by atoms with Crippen molar-refractivity contribution in [2.45, 2.75) is 45.4 Å². The van der Waals surface area contributed by atoms with E-state index in [1.54, 1.807) is 0 Å². The van der Waals surface area contributed by atoms with Crippen molar-refractivity contribution in [3.63, 3.8) is 0 Å². The molecule has 0 spiro atoms. The zero-order valence-electron chi connectivity index (χ0n) is 8.87. The Hall–Kier alpha value is -0.0800.